The van der Waals surface area contributed by atoms with Gasteiger partial charge in [0.1, 0.15) is 17.4 Å². The van der Waals surface area contributed by atoms with Crippen LogP contribution in [0.25, 0.3) is 10.9 Å². The van der Waals surface area contributed by atoms with Crippen molar-refractivity contribution < 1.29 is 22.7 Å². The predicted molar refractivity (Wildman–Crippen MR) is 127 cm³/mol. The Morgan fingerprint density at radius 1 is 1.24 bits per heavy atom. The Morgan fingerprint density at radius 3 is 2.65 bits per heavy atom. The Balaban J connectivity index is 1.73. The van der Waals surface area contributed by atoms with E-state index in [1.165, 1.54) is 13.2 Å². The number of nitrogens with zero attached hydrogens (tertiary/aromatic N) is 3. The molecule has 7 nitrogen and oxygen atoms in total. The van der Waals surface area contributed by atoms with Crippen LogP contribution >= 0.6 is 11.8 Å². The highest BCUT2D eigenvalue weighted by Gasteiger charge is 2.31. The Morgan fingerprint density at radius 2 is 2.00 bits per heavy atom. The van der Waals surface area contributed by atoms with E-state index in [0.717, 1.165) is 17.9 Å². The summed E-state index contributed by atoms with van der Waals surface area (Å²) < 4.78 is 45.3. The van der Waals surface area contributed by atoms with E-state index < -0.39 is 17.8 Å². The number of rotatable bonds is 5. The zero-order valence-corrected chi connectivity index (χ0v) is 19.7. The molecule has 3 aromatic rings. The number of nitrogens with two attached hydrogens (primary N) is 1. The van der Waals surface area contributed by atoms with Crippen molar-refractivity contribution in [2.75, 3.05) is 36.3 Å². The monoisotopic (exact) mass is 491 g/mol. The lowest BCUT2D eigenvalue weighted by Gasteiger charge is -2.20. The molecule has 34 heavy (non-hydrogen) atoms. The minimum atomic E-state index is -4.51. The number of methoxy groups -OCH3 is 1. The number of fused-ring (bicyclic) bond motifs is 1. The number of benzene rings is 2. The number of alkyl halides is 3. The molecule has 0 spiro atoms. The summed E-state index contributed by atoms with van der Waals surface area (Å²) in [6.07, 6.45) is -4.51. The van der Waals surface area contributed by atoms with Crippen molar-refractivity contribution in [1.82, 2.24) is 14.9 Å². The summed E-state index contributed by atoms with van der Waals surface area (Å²) in [6.45, 7) is 4.09. The first kappa shape index (κ1) is 23.9. The fraction of sp³-hybridized carbons (Fsp3) is 0.348. The maximum atomic E-state index is 13.3. The van der Waals surface area contributed by atoms with Crippen LogP contribution in [0.15, 0.2) is 30.3 Å². The topological polar surface area (TPSA) is 93.4 Å². The Bertz CT molecular complexity index is 1250. The van der Waals surface area contributed by atoms with Gasteiger partial charge in [0.15, 0.2) is 0 Å². The number of anilines is 2. The van der Waals surface area contributed by atoms with E-state index in [-0.39, 0.29) is 11.6 Å². The molecule has 3 N–H and O–H groups in total. The number of nitrogen functional groups attached to an aromatic ring is 1. The summed E-state index contributed by atoms with van der Waals surface area (Å²) in [5.41, 5.74) is 6.23. The first-order valence-electron chi connectivity index (χ1n) is 10.5. The number of hydrogen-bond donors (Lipinski definition) is 2. The SMILES string of the molecule is COc1cc2c(NC(C)c3cc(N)cc(C(F)(F)F)c3)nc(C)nc2cc1C(=O)N1CCSC1. The fourth-order valence-electron chi connectivity index (χ4n) is 3.84. The third-order valence-corrected chi connectivity index (χ3v) is 6.52. The van der Waals surface area contributed by atoms with Crippen molar-refractivity contribution >= 4 is 40.1 Å². The summed E-state index contributed by atoms with van der Waals surface area (Å²) >= 11 is 1.68. The second kappa shape index (κ2) is 9.21. The number of hydrogen-bond acceptors (Lipinski definition) is 7. The van der Waals surface area contributed by atoms with Crippen LogP contribution < -0.4 is 15.8 Å². The molecule has 1 fully saturated rings. The van der Waals surface area contributed by atoms with Crippen LogP contribution in [0.2, 0.25) is 0 Å². The molecule has 1 aliphatic rings. The molecular weight excluding hydrogens is 467 g/mol. The molecule has 180 valence electrons. The number of halogens is 3. The van der Waals surface area contributed by atoms with Gasteiger partial charge in [0, 0.05) is 23.4 Å². The lowest BCUT2D eigenvalue weighted by Crippen LogP contribution is -2.28. The average Bonchev–Trinajstić information content (AvgIpc) is 3.31. The lowest BCUT2D eigenvalue weighted by atomic mass is 10.0. The first-order chi connectivity index (χ1) is 16.1. The smallest absolute Gasteiger partial charge is 0.416 e. The first-order valence-corrected chi connectivity index (χ1v) is 11.7. The van der Waals surface area contributed by atoms with Crippen LogP contribution in [0, 0.1) is 6.92 Å². The molecule has 2 aromatic carbocycles. The molecular formula is C23H24F3N5O2S. The number of nitrogens with one attached hydrogen (secondary N) is 1. The Kier molecular flexibility index (Phi) is 6.48. The standard InChI is InChI=1S/C23H24F3N5O2S/c1-12(14-6-15(23(24,25)26)8-16(27)7-14)28-21-17-10-20(33-3)18(9-19(17)29-13(2)30-21)22(32)31-4-5-34-11-31/h6-10,12H,4-5,11,27H2,1-3H3,(H,28,29,30). The highest BCUT2D eigenvalue weighted by Crippen LogP contribution is 2.35. The summed E-state index contributed by atoms with van der Waals surface area (Å²) in [5.74, 6) is 2.61. The molecule has 1 atom stereocenters. The van der Waals surface area contributed by atoms with Crippen LogP contribution in [-0.2, 0) is 6.18 Å². The van der Waals surface area contributed by atoms with Gasteiger partial charge < -0.3 is 20.7 Å². The van der Waals surface area contributed by atoms with Crippen LogP contribution in [-0.4, -0.2) is 46.1 Å². The zero-order chi connectivity index (χ0) is 24.6. The summed E-state index contributed by atoms with van der Waals surface area (Å²) in [7, 11) is 1.48. The molecule has 0 saturated carbocycles. The normalized spacial score (nSPS) is 14.9. The number of carbonyl (C=O) groups is 1. The quantitative estimate of drug-likeness (QED) is 0.492. The number of ether oxygens (including phenoxy) is 1. The van der Waals surface area contributed by atoms with Crippen LogP contribution in [0.3, 0.4) is 0 Å². The van der Waals surface area contributed by atoms with E-state index in [1.54, 1.807) is 42.6 Å². The molecule has 0 bridgehead atoms. The summed E-state index contributed by atoms with van der Waals surface area (Å²) in [6, 6.07) is 6.27. The van der Waals surface area contributed by atoms with Crippen molar-refractivity contribution in [3.05, 3.63) is 52.8 Å². The van der Waals surface area contributed by atoms with Crippen LogP contribution in [0.1, 0.15) is 40.3 Å². The lowest BCUT2D eigenvalue weighted by molar-refractivity contribution is -0.137. The van der Waals surface area contributed by atoms with E-state index in [4.69, 9.17) is 10.5 Å². The molecule has 1 amide bonds. The summed E-state index contributed by atoms with van der Waals surface area (Å²) in [4.78, 5) is 23.7. The maximum Gasteiger partial charge on any atom is 0.416 e. The number of carbonyl (C=O) groups excluding carboxylic acids is 1. The third kappa shape index (κ3) is 4.84. The van der Waals surface area contributed by atoms with Gasteiger partial charge in [-0.25, -0.2) is 9.97 Å². The molecule has 1 aromatic heterocycles. The van der Waals surface area contributed by atoms with Crippen molar-refractivity contribution in [3.63, 3.8) is 0 Å². The second-order valence-corrected chi connectivity index (χ2v) is 9.12. The summed E-state index contributed by atoms with van der Waals surface area (Å²) in [5, 5.41) is 3.76. The van der Waals surface area contributed by atoms with Gasteiger partial charge in [0.25, 0.3) is 5.91 Å². The number of aromatic nitrogens is 2. The minimum Gasteiger partial charge on any atom is -0.496 e. The largest absolute Gasteiger partial charge is 0.496 e. The van der Waals surface area contributed by atoms with Gasteiger partial charge in [-0.3, -0.25) is 4.79 Å². The van der Waals surface area contributed by atoms with Crippen molar-refractivity contribution in [3.8, 4) is 5.75 Å². The van der Waals surface area contributed by atoms with Gasteiger partial charge in [-0.15, -0.1) is 11.8 Å². The minimum absolute atomic E-state index is 0.0205. The van der Waals surface area contributed by atoms with Gasteiger partial charge in [-0.2, -0.15) is 13.2 Å². The van der Waals surface area contributed by atoms with E-state index in [0.29, 0.717) is 51.8 Å². The average molecular weight is 492 g/mol. The van der Waals surface area contributed by atoms with Crippen molar-refractivity contribution in [2.45, 2.75) is 26.1 Å². The fourth-order valence-corrected chi connectivity index (χ4v) is 4.79. The third-order valence-electron chi connectivity index (χ3n) is 5.56. The van der Waals surface area contributed by atoms with Crippen molar-refractivity contribution in [2.24, 2.45) is 0 Å². The number of thioether (sulfide) groups is 1. The van der Waals surface area contributed by atoms with Crippen LogP contribution in [0.4, 0.5) is 24.7 Å². The van der Waals surface area contributed by atoms with Gasteiger partial charge in [-0.1, -0.05) is 0 Å². The second-order valence-electron chi connectivity index (χ2n) is 8.05. The molecule has 0 aliphatic carbocycles. The van der Waals surface area contributed by atoms with Gasteiger partial charge in [-0.05, 0) is 49.7 Å². The van der Waals surface area contributed by atoms with Gasteiger partial charge >= 0.3 is 6.18 Å². The number of amides is 1. The molecule has 1 aliphatic heterocycles. The molecule has 11 heteroatoms. The van der Waals surface area contributed by atoms with E-state index in [9.17, 15) is 18.0 Å². The van der Waals surface area contributed by atoms with E-state index in [2.05, 4.69) is 15.3 Å². The Hall–Kier alpha value is -3.21. The van der Waals surface area contributed by atoms with Gasteiger partial charge in [0.05, 0.1) is 35.7 Å². The molecule has 2 heterocycles. The highest BCUT2D eigenvalue weighted by molar-refractivity contribution is 7.99. The number of aryl methyl sites for hydroxylation is 1. The molecule has 1 unspecified atom stereocenters. The van der Waals surface area contributed by atoms with Gasteiger partial charge in [0.2, 0.25) is 0 Å². The predicted octanol–water partition coefficient (Wildman–Crippen LogP) is 4.87. The molecule has 1 saturated heterocycles. The van der Waals surface area contributed by atoms with Crippen LogP contribution in [0.5, 0.6) is 5.75 Å². The van der Waals surface area contributed by atoms with E-state index >= 15 is 0 Å². The highest BCUT2D eigenvalue weighted by atomic mass is 32.2. The maximum absolute atomic E-state index is 13.3. The molecule has 0 radical (unpaired) electrons. The zero-order valence-electron chi connectivity index (χ0n) is 18.9. The Labute approximate surface area is 198 Å². The van der Waals surface area contributed by atoms with Crippen molar-refractivity contribution in [1.29, 1.82) is 0 Å². The van der Waals surface area contributed by atoms with E-state index in [1.807, 2.05) is 0 Å². The molecule has 4 rings (SSSR count).